The molecule has 2 aromatic carbocycles. The fourth-order valence-electron chi connectivity index (χ4n) is 2.82. The highest BCUT2D eigenvalue weighted by atomic mass is 32.2. The second kappa shape index (κ2) is 7.93. The van der Waals surface area contributed by atoms with Crippen molar-refractivity contribution in [1.82, 2.24) is 0 Å². The molecule has 1 aliphatic rings. The fraction of sp³-hybridized carbons (Fsp3) is 0.0476. The number of fused-ring (bicyclic) bond motifs is 2. The van der Waals surface area contributed by atoms with Gasteiger partial charge in [-0.15, -0.1) is 0 Å². The summed E-state index contributed by atoms with van der Waals surface area (Å²) in [4.78, 5) is 25.8. The molecule has 0 aromatic heterocycles. The molecule has 0 saturated heterocycles. The van der Waals surface area contributed by atoms with Gasteiger partial charge in [-0.05, 0) is 47.5 Å². The van der Waals surface area contributed by atoms with Crippen molar-refractivity contribution in [3.8, 4) is 12.1 Å². The second-order valence-electron chi connectivity index (χ2n) is 6.07. The van der Waals surface area contributed by atoms with Crippen molar-refractivity contribution in [1.29, 1.82) is 10.5 Å². The van der Waals surface area contributed by atoms with Crippen LogP contribution < -0.4 is 4.90 Å². The van der Waals surface area contributed by atoms with Crippen LogP contribution in [0.2, 0.25) is 0 Å². The summed E-state index contributed by atoms with van der Waals surface area (Å²) in [5.74, 6) is -2.58. The lowest BCUT2D eigenvalue weighted by Gasteiger charge is -2.30. The standard InChI is InChI=1S/C21H13N3O4S/c1-24-16-4-2-12(6-14(10-22)20(25)26)8-18(16)29-19-9-13(3-5-17(19)24)7-15(11-23)21(27)28/h2-9H,1H3,(H,25,26)(H,27,28). The molecule has 0 amide bonds. The third-order valence-electron chi connectivity index (χ3n) is 4.23. The number of carboxylic acids is 2. The molecule has 2 aromatic rings. The summed E-state index contributed by atoms with van der Waals surface area (Å²) in [5.41, 5.74) is 2.29. The van der Waals surface area contributed by atoms with Gasteiger partial charge in [0.15, 0.2) is 0 Å². The summed E-state index contributed by atoms with van der Waals surface area (Å²) in [7, 11) is 1.89. The smallest absolute Gasteiger partial charge is 0.346 e. The molecular weight excluding hydrogens is 390 g/mol. The highest BCUT2D eigenvalue weighted by molar-refractivity contribution is 7.99. The van der Waals surface area contributed by atoms with Crippen molar-refractivity contribution >= 4 is 47.2 Å². The average molecular weight is 403 g/mol. The van der Waals surface area contributed by atoms with Crippen LogP contribution in [-0.4, -0.2) is 29.2 Å². The lowest BCUT2D eigenvalue weighted by molar-refractivity contribution is -0.133. The minimum atomic E-state index is -1.29. The Hall–Kier alpha value is -4.01. The van der Waals surface area contributed by atoms with Crippen LogP contribution in [0.3, 0.4) is 0 Å². The number of carbonyl (C=O) groups is 2. The van der Waals surface area contributed by atoms with E-state index in [2.05, 4.69) is 0 Å². The van der Waals surface area contributed by atoms with E-state index in [0.717, 1.165) is 21.2 Å². The number of benzene rings is 2. The van der Waals surface area contributed by atoms with Crippen LogP contribution in [0.4, 0.5) is 11.4 Å². The van der Waals surface area contributed by atoms with Crippen LogP contribution in [0.15, 0.2) is 57.3 Å². The minimum Gasteiger partial charge on any atom is -0.477 e. The maximum Gasteiger partial charge on any atom is 0.346 e. The van der Waals surface area contributed by atoms with Crippen LogP contribution in [0.25, 0.3) is 12.2 Å². The maximum atomic E-state index is 11.1. The zero-order valence-corrected chi connectivity index (χ0v) is 15.9. The average Bonchev–Trinajstić information content (AvgIpc) is 2.69. The SMILES string of the molecule is CN1c2ccc(C=C(C#N)C(=O)O)cc2Sc2cc(C=C(C#N)C(=O)O)ccc21. The Morgan fingerprint density at radius 2 is 1.31 bits per heavy atom. The molecule has 8 heteroatoms. The molecule has 29 heavy (non-hydrogen) atoms. The van der Waals surface area contributed by atoms with Crippen LogP contribution in [-0.2, 0) is 9.59 Å². The largest absolute Gasteiger partial charge is 0.477 e. The molecule has 0 unspecified atom stereocenters. The fourth-order valence-corrected chi connectivity index (χ4v) is 4.07. The van der Waals surface area contributed by atoms with E-state index in [-0.39, 0.29) is 11.1 Å². The highest BCUT2D eigenvalue weighted by Crippen LogP contribution is 2.48. The van der Waals surface area contributed by atoms with Gasteiger partial charge in [0.25, 0.3) is 0 Å². The van der Waals surface area contributed by atoms with Crippen LogP contribution in [0, 0.1) is 22.7 Å². The summed E-state index contributed by atoms with van der Waals surface area (Å²) >= 11 is 1.44. The van der Waals surface area contributed by atoms with Crippen molar-refractivity contribution < 1.29 is 19.8 Å². The first-order valence-corrected chi connectivity index (χ1v) is 9.05. The van der Waals surface area contributed by atoms with Crippen LogP contribution >= 0.6 is 11.8 Å². The Labute approximate surface area is 170 Å². The zero-order valence-electron chi connectivity index (χ0n) is 15.1. The number of nitrogens with zero attached hydrogens (tertiary/aromatic N) is 3. The lowest BCUT2D eigenvalue weighted by Crippen LogP contribution is -2.14. The molecule has 0 fully saturated rings. The topological polar surface area (TPSA) is 125 Å². The van der Waals surface area contributed by atoms with Gasteiger partial charge in [0.05, 0.1) is 11.4 Å². The van der Waals surface area contributed by atoms with Crippen molar-refractivity contribution in [3.63, 3.8) is 0 Å². The molecule has 0 aliphatic carbocycles. The van der Waals surface area contributed by atoms with Gasteiger partial charge in [-0.1, -0.05) is 23.9 Å². The zero-order chi connectivity index (χ0) is 21.1. The minimum absolute atomic E-state index is 0.357. The van der Waals surface area contributed by atoms with E-state index in [4.69, 9.17) is 20.7 Å². The Kier molecular flexibility index (Phi) is 5.40. The van der Waals surface area contributed by atoms with Crippen LogP contribution in [0.5, 0.6) is 0 Å². The Morgan fingerprint density at radius 1 is 0.897 bits per heavy atom. The molecule has 0 atom stereocenters. The molecule has 7 nitrogen and oxygen atoms in total. The Balaban J connectivity index is 2.02. The Bertz CT molecular complexity index is 1090. The summed E-state index contributed by atoms with van der Waals surface area (Å²) in [5, 5.41) is 36.0. The maximum absolute atomic E-state index is 11.1. The number of carboxylic acid groups (broad SMARTS) is 2. The molecule has 142 valence electrons. The van der Waals surface area contributed by atoms with Crippen molar-refractivity contribution in [3.05, 3.63) is 58.7 Å². The third-order valence-corrected chi connectivity index (χ3v) is 5.33. The van der Waals surface area contributed by atoms with E-state index in [0.29, 0.717) is 11.1 Å². The summed E-state index contributed by atoms with van der Waals surface area (Å²) < 4.78 is 0. The van der Waals surface area contributed by atoms with E-state index in [1.54, 1.807) is 36.4 Å². The van der Waals surface area contributed by atoms with Gasteiger partial charge in [-0.2, -0.15) is 10.5 Å². The lowest BCUT2D eigenvalue weighted by atomic mass is 10.1. The Morgan fingerprint density at radius 3 is 1.66 bits per heavy atom. The van der Waals surface area contributed by atoms with Gasteiger partial charge in [-0.25, -0.2) is 9.59 Å². The van der Waals surface area contributed by atoms with Crippen molar-refractivity contribution in [2.45, 2.75) is 9.79 Å². The van der Waals surface area contributed by atoms with Gasteiger partial charge in [-0.3, -0.25) is 0 Å². The number of hydrogen-bond acceptors (Lipinski definition) is 6. The summed E-state index contributed by atoms with van der Waals surface area (Å²) in [6, 6.07) is 14.1. The first-order chi connectivity index (χ1) is 13.8. The molecule has 0 spiro atoms. The normalized spacial score (nSPS) is 13.0. The van der Waals surface area contributed by atoms with Crippen molar-refractivity contribution in [2.24, 2.45) is 0 Å². The van der Waals surface area contributed by atoms with Gasteiger partial charge >= 0.3 is 11.9 Å². The van der Waals surface area contributed by atoms with Gasteiger partial charge in [0, 0.05) is 16.8 Å². The second-order valence-corrected chi connectivity index (χ2v) is 7.15. The van der Waals surface area contributed by atoms with E-state index < -0.39 is 11.9 Å². The quantitative estimate of drug-likeness (QED) is 0.581. The molecule has 3 rings (SSSR count). The number of aliphatic carboxylic acids is 2. The van der Waals surface area contributed by atoms with Gasteiger partial charge < -0.3 is 15.1 Å². The van der Waals surface area contributed by atoms with E-state index >= 15 is 0 Å². The monoisotopic (exact) mass is 403 g/mol. The number of anilines is 2. The van der Waals surface area contributed by atoms with E-state index in [9.17, 15) is 9.59 Å². The predicted molar refractivity (Wildman–Crippen MR) is 108 cm³/mol. The van der Waals surface area contributed by atoms with Gasteiger partial charge in [0.2, 0.25) is 0 Å². The van der Waals surface area contributed by atoms with E-state index in [1.807, 2.05) is 24.1 Å². The van der Waals surface area contributed by atoms with E-state index in [1.165, 1.54) is 23.9 Å². The van der Waals surface area contributed by atoms with Crippen LogP contribution in [0.1, 0.15) is 11.1 Å². The molecule has 0 radical (unpaired) electrons. The predicted octanol–water partition coefficient (Wildman–Crippen LogP) is 3.90. The number of hydrogen-bond donors (Lipinski definition) is 2. The molecule has 1 heterocycles. The molecule has 1 aliphatic heterocycles. The molecule has 0 bridgehead atoms. The first kappa shape index (κ1) is 19.7. The summed E-state index contributed by atoms with van der Waals surface area (Å²) in [6.07, 6.45) is 2.62. The molecule has 2 N–H and O–H groups in total. The number of rotatable bonds is 4. The number of nitriles is 2. The first-order valence-electron chi connectivity index (χ1n) is 8.24. The van der Waals surface area contributed by atoms with Gasteiger partial charge in [0.1, 0.15) is 23.3 Å². The molecule has 0 saturated carbocycles. The van der Waals surface area contributed by atoms with Crippen molar-refractivity contribution in [2.75, 3.05) is 11.9 Å². The molecular formula is C21H13N3O4S. The summed E-state index contributed by atoms with van der Waals surface area (Å²) in [6.45, 7) is 0. The third kappa shape index (κ3) is 3.98. The highest BCUT2D eigenvalue weighted by Gasteiger charge is 2.21.